The van der Waals surface area contributed by atoms with Gasteiger partial charge in [-0.2, -0.15) is 5.10 Å². The van der Waals surface area contributed by atoms with Gasteiger partial charge in [0.15, 0.2) is 11.5 Å². The van der Waals surface area contributed by atoms with E-state index in [9.17, 15) is 0 Å². The predicted molar refractivity (Wildman–Crippen MR) is 83.1 cm³/mol. The van der Waals surface area contributed by atoms with E-state index in [0.717, 1.165) is 22.6 Å². The molecule has 0 atom stereocenters. The minimum atomic E-state index is 0.220. The van der Waals surface area contributed by atoms with Crippen molar-refractivity contribution in [2.24, 2.45) is 7.05 Å². The molecule has 0 saturated heterocycles. The molecule has 2 heterocycles. The van der Waals surface area contributed by atoms with E-state index in [-0.39, 0.29) is 5.92 Å². The summed E-state index contributed by atoms with van der Waals surface area (Å²) in [5.41, 5.74) is 8.52. The summed E-state index contributed by atoms with van der Waals surface area (Å²) in [6, 6.07) is 3.62. The van der Waals surface area contributed by atoms with Crippen LogP contribution in [0.3, 0.4) is 0 Å². The van der Waals surface area contributed by atoms with Crippen LogP contribution in [0.5, 0.6) is 11.5 Å². The van der Waals surface area contributed by atoms with Gasteiger partial charge in [-0.05, 0) is 5.92 Å². The highest BCUT2D eigenvalue weighted by molar-refractivity contribution is 6.33. The van der Waals surface area contributed by atoms with Crippen molar-refractivity contribution in [2.75, 3.05) is 18.9 Å². The van der Waals surface area contributed by atoms with Crippen LogP contribution in [0.25, 0.3) is 11.3 Å². The van der Waals surface area contributed by atoms with Crippen molar-refractivity contribution in [1.29, 1.82) is 0 Å². The van der Waals surface area contributed by atoms with Crippen LogP contribution < -0.4 is 15.2 Å². The van der Waals surface area contributed by atoms with Gasteiger partial charge in [0.2, 0.25) is 0 Å². The average Bonchev–Trinajstić information content (AvgIpc) is 2.76. The number of hydrogen-bond donors (Lipinski definition) is 1. The first-order valence-electron chi connectivity index (χ1n) is 6.91. The topological polar surface area (TPSA) is 62.3 Å². The molecule has 0 unspecified atom stereocenters. The van der Waals surface area contributed by atoms with Crippen molar-refractivity contribution in [3.63, 3.8) is 0 Å². The summed E-state index contributed by atoms with van der Waals surface area (Å²) in [6.07, 6.45) is 0. The van der Waals surface area contributed by atoms with Gasteiger partial charge in [0.1, 0.15) is 19.0 Å². The number of ether oxygens (including phenoxy) is 2. The van der Waals surface area contributed by atoms with E-state index in [1.165, 1.54) is 0 Å². The number of aryl methyl sites for hydroxylation is 1. The fraction of sp³-hybridized carbons (Fsp3) is 0.400. The smallest absolute Gasteiger partial charge is 0.165 e. The van der Waals surface area contributed by atoms with Crippen LogP contribution in [0.1, 0.15) is 25.3 Å². The highest BCUT2D eigenvalue weighted by Gasteiger charge is 2.26. The zero-order valence-electron chi connectivity index (χ0n) is 12.3. The SMILES string of the molecule is CC(C)c1c2c(cc(Cl)c1-c1cc(N)n(C)n1)OCCO2. The van der Waals surface area contributed by atoms with Crippen molar-refractivity contribution < 1.29 is 9.47 Å². The normalized spacial score (nSPS) is 13.8. The number of rotatable bonds is 2. The number of halogens is 1. The van der Waals surface area contributed by atoms with E-state index in [1.54, 1.807) is 17.8 Å². The highest BCUT2D eigenvalue weighted by atomic mass is 35.5. The Balaban J connectivity index is 2.28. The van der Waals surface area contributed by atoms with Gasteiger partial charge in [0, 0.05) is 30.3 Å². The van der Waals surface area contributed by atoms with Gasteiger partial charge in [0.25, 0.3) is 0 Å². The monoisotopic (exact) mass is 307 g/mol. The van der Waals surface area contributed by atoms with E-state index in [1.807, 2.05) is 6.07 Å². The third kappa shape index (κ3) is 2.31. The zero-order chi connectivity index (χ0) is 15.1. The standard InChI is InChI=1S/C15H18ClN3O2/c1-8(2)13-14(10-7-12(17)19(3)18-10)9(16)6-11-15(13)21-5-4-20-11/h6-8H,4-5,17H2,1-3H3. The van der Waals surface area contributed by atoms with Crippen molar-refractivity contribution in [2.45, 2.75) is 19.8 Å². The average molecular weight is 308 g/mol. The second-order valence-electron chi connectivity index (χ2n) is 5.40. The Morgan fingerprint density at radius 3 is 2.62 bits per heavy atom. The number of nitrogens with zero attached hydrogens (tertiary/aromatic N) is 2. The number of nitrogens with two attached hydrogens (primary N) is 1. The molecule has 0 saturated carbocycles. The highest BCUT2D eigenvalue weighted by Crippen LogP contribution is 2.47. The third-order valence-electron chi connectivity index (χ3n) is 3.57. The second-order valence-corrected chi connectivity index (χ2v) is 5.81. The molecule has 0 radical (unpaired) electrons. The maximum absolute atomic E-state index is 6.48. The van der Waals surface area contributed by atoms with Gasteiger partial charge < -0.3 is 15.2 Å². The molecule has 5 nitrogen and oxygen atoms in total. The van der Waals surface area contributed by atoms with Crippen LogP contribution in [0, 0.1) is 0 Å². The molecule has 3 rings (SSSR count). The molecular weight excluding hydrogens is 290 g/mol. The Bertz CT molecular complexity index is 675. The van der Waals surface area contributed by atoms with Crippen LogP contribution >= 0.6 is 11.6 Å². The lowest BCUT2D eigenvalue weighted by Gasteiger charge is -2.25. The van der Waals surface area contributed by atoms with Gasteiger partial charge >= 0.3 is 0 Å². The van der Waals surface area contributed by atoms with Gasteiger partial charge in [-0.3, -0.25) is 4.68 Å². The molecule has 1 aromatic heterocycles. The molecule has 0 spiro atoms. The lowest BCUT2D eigenvalue weighted by Crippen LogP contribution is -2.17. The van der Waals surface area contributed by atoms with E-state index in [4.69, 9.17) is 26.8 Å². The molecule has 0 amide bonds. The van der Waals surface area contributed by atoms with Crippen LogP contribution in [0.4, 0.5) is 5.82 Å². The van der Waals surface area contributed by atoms with Gasteiger partial charge in [-0.15, -0.1) is 0 Å². The molecular formula is C15H18ClN3O2. The summed E-state index contributed by atoms with van der Waals surface area (Å²) in [5.74, 6) is 2.27. The number of benzene rings is 1. The second kappa shape index (κ2) is 5.15. The van der Waals surface area contributed by atoms with E-state index < -0.39 is 0 Å². The summed E-state index contributed by atoms with van der Waals surface area (Å²) < 4.78 is 13.1. The van der Waals surface area contributed by atoms with Crippen LogP contribution in [-0.2, 0) is 7.05 Å². The molecule has 1 aromatic carbocycles. The molecule has 1 aliphatic heterocycles. The van der Waals surface area contributed by atoms with E-state index >= 15 is 0 Å². The quantitative estimate of drug-likeness (QED) is 0.925. The fourth-order valence-electron chi connectivity index (χ4n) is 2.59. The van der Waals surface area contributed by atoms with Gasteiger partial charge in [-0.25, -0.2) is 0 Å². The largest absolute Gasteiger partial charge is 0.486 e. The summed E-state index contributed by atoms with van der Waals surface area (Å²) in [7, 11) is 1.81. The number of anilines is 1. The van der Waals surface area contributed by atoms with Crippen LogP contribution in [0.15, 0.2) is 12.1 Å². The fourth-order valence-corrected chi connectivity index (χ4v) is 2.89. The zero-order valence-corrected chi connectivity index (χ0v) is 13.1. The van der Waals surface area contributed by atoms with Crippen LogP contribution in [-0.4, -0.2) is 23.0 Å². The summed E-state index contributed by atoms with van der Waals surface area (Å²) in [5, 5.41) is 5.04. The van der Waals surface area contributed by atoms with E-state index in [0.29, 0.717) is 29.8 Å². The van der Waals surface area contributed by atoms with Gasteiger partial charge in [0.05, 0.1) is 10.7 Å². The molecule has 0 fully saturated rings. The minimum Gasteiger partial charge on any atom is -0.486 e. The third-order valence-corrected chi connectivity index (χ3v) is 3.87. The number of aromatic nitrogens is 2. The van der Waals surface area contributed by atoms with Crippen molar-refractivity contribution in [3.8, 4) is 22.8 Å². The Labute approximate surface area is 128 Å². The molecule has 2 N–H and O–H groups in total. The van der Waals surface area contributed by atoms with Crippen molar-refractivity contribution >= 4 is 17.4 Å². The molecule has 1 aliphatic rings. The minimum absolute atomic E-state index is 0.220. The Hall–Kier alpha value is -1.88. The summed E-state index contributed by atoms with van der Waals surface area (Å²) >= 11 is 6.48. The molecule has 0 bridgehead atoms. The van der Waals surface area contributed by atoms with Crippen LogP contribution in [0.2, 0.25) is 5.02 Å². The first-order chi connectivity index (χ1) is 9.99. The number of hydrogen-bond acceptors (Lipinski definition) is 4. The lowest BCUT2D eigenvalue weighted by atomic mass is 9.93. The lowest BCUT2D eigenvalue weighted by molar-refractivity contribution is 0.169. The molecule has 2 aromatic rings. The first kappa shape index (κ1) is 14.1. The molecule has 21 heavy (non-hydrogen) atoms. The number of nitrogen functional groups attached to an aromatic ring is 1. The Morgan fingerprint density at radius 1 is 1.29 bits per heavy atom. The Morgan fingerprint density at radius 2 is 2.00 bits per heavy atom. The maximum atomic E-state index is 6.48. The Kier molecular flexibility index (Phi) is 3.45. The van der Waals surface area contributed by atoms with Crippen molar-refractivity contribution in [1.82, 2.24) is 9.78 Å². The maximum Gasteiger partial charge on any atom is 0.165 e. The molecule has 0 aliphatic carbocycles. The molecule has 112 valence electrons. The van der Waals surface area contributed by atoms with Crippen molar-refractivity contribution in [3.05, 3.63) is 22.7 Å². The van der Waals surface area contributed by atoms with Gasteiger partial charge in [-0.1, -0.05) is 25.4 Å². The summed E-state index contributed by atoms with van der Waals surface area (Å²) in [6.45, 7) is 5.27. The molecule has 6 heteroatoms. The first-order valence-corrected chi connectivity index (χ1v) is 7.28. The number of fused-ring (bicyclic) bond motifs is 1. The predicted octanol–water partition coefficient (Wildman–Crippen LogP) is 3.22. The summed E-state index contributed by atoms with van der Waals surface area (Å²) in [4.78, 5) is 0. The van der Waals surface area contributed by atoms with E-state index in [2.05, 4.69) is 18.9 Å².